The first-order chi connectivity index (χ1) is 14.1. The third kappa shape index (κ3) is 3.99. The van der Waals surface area contributed by atoms with E-state index in [0.29, 0.717) is 32.7 Å². The van der Waals surface area contributed by atoms with Crippen molar-refractivity contribution in [3.05, 3.63) is 87.3 Å². The van der Waals surface area contributed by atoms with Crippen LogP contribution >= 0.6 is 23.4 Å². The molecule has 0 unspecified atom stereocenters. The molecule has 0 saturated heterocycles. The normalized spacial score (nSPS) is 11.0. The van der Waals surface area contributed by atoms with Gasteiger partial charge in [-0.15, -0.1) is 0 Å². The summed E-state index contributed by atoms with van der Waals surface area (Å²) in [7, 11) is 1.62. The Morgan fingerprint density at radius 3 is 2.76 bits per heavy atom. The number of aryl methyl sites for hydroxylation is 1. The summed E-state index contributed by atoms with van der Waals surface area (Å²) in [6.45, 7) is 1.97. The van der Waals surface area contributed by atoms with Crippen LogP contribution in [0.3, 0.4) is 0 Å². The number of rotatable bonds is 5. The van der Waals surface area contributed by atoms with E-state index < -0.39 is 0 Å². The van der Waals surface area contributed by atoms with E-state index in [2.05, 4.69) is 4.98 Å². The zero-order valence-electron chi connectivity index (χ0n) is 15.9. The quantitative estimate of drug-likeness (QED) is 0.332. The molecule has 2 aromatic carbocycles. The number of methoxy groups -OCH3 is 1. The molecular formula is C22H18ClN3O2S. The van der Waals surface area contributed by atoms with Gasteiger partial charge in [-0.3, -0.25) is 4.79 Å². The molecule has 0 saturated carbocycles. The van der Waals surface area contributed by atoms with E-state index in [1.54, 1.807) is 30.0 Å². The zero-order chi connectivity index (χ0) is 20.4. The van der Waals surface area contributed by atoms with Crippen molar-refractivity contribution >= 4 is 34.3 Å². The maximum absolute atomic E-state index is 13.3. The van der Waals surface area contributed by atoms with Gasteiger partial charge in [-0.2, -0.15) is 0 Å². The molecule has 0 spiro atoms. The SMILES string of the molecule is COc1ccc(Cl)cc1CSc1nc2ccccc2c(=O)n1-c1cc(C)ccn1. The number of halogens is 1. The van der Waals surface area contributed by atoms with E-state index in [0.717, 1.165) is 16.9 Å². The second kappa shape index (κ2) is 8.27. The van der Waals surface area contributed by atoms with Gasteiger partial charge in [0.05, 0.1) is 18.0 Å². The summed E-state index contributed by atoms with van der Waals surface area (Å²) < 4.78 is 7.01. The van der Waals surface area contributed by atoms with Crippen molar-refractivity contribution in [2.75, 3.05) is 7.11 Å². The maximum Gasteiger partial charge on any atom is 0.267 e. The van der Waals surface area contributed by atoms with E-state index >= 15 is 0 Å². The zero-order valence-corrected chi connectivity index (χ0v) is 17.5. The molecule has 0 radical (unpaired) electrons. The molecule has 0 bridgehead atoms. The van der Waals surface area contributed by atoms with Crippen molar-refractivity contribution in [2.45, 2.75) is 17.8 Å². The number of nitrogens with zero attached hydrogens (tertiary/aromatic N) is 3. The van der Waals surface area contributed by atoms with Crippen molar-refractivity contribution in [3.63, 3.8) is 0 Å². The fourth-order valence-corrected chi connectivity index (χ4v) is 4.23. The number of pyridine rings is 1. The molecule has 0 atom stereocenters. The highest BCUT2D eigenvalue weighted by Gasteiger charge is 2.15. The van der Waals surface area contributed by atoms with Gasteiger partial charge < -0.3 is 4.74 Å². The summed E-state index contributed by atoms with van der Waals surface area (Å²) in [5.41, 5.74) is 2.45. The summed E-state index contributed by atoms with van der Waals surface area (Å²) in [5, 5.41) is 1.75. The fraction of sp³-hybridized carbons (Fsp3) is 0.136. The Balaban J connectivity index is 1.84. The van der Waals surface area contributed by atoms with Crippen LogP contribution in [0.4, 0.5) is 0 Å². The second-order valence-electron chi connectivity index (χ2n) is 6.49. The maximum atomic E-state index is 13.3. The molecule has 7 heteroatoms. The van der Waals surface area contributed by atoms with Crippen molar-refractivity contribution in [3.8, 4) is 11.6 Å². The average molecular weight is 424 g/mol. The molecule has 0 N–H and O–H groups in total. The Morgan fingerprint density at radius 1 is 1.14 bits per heavy atom. The van der Waals surface area contributed by atoms with E-state index in [1.165, 1.54) is 11.8 Å². The third-order valence-electron chi connectivity index (χ3n) is 4.47. The Morgan fingerprint density at radius 2 is 1.97 bits per heavy atom. The van der Waals surface area contributed by atoms with Crippen molar-refractivity contribution < 1.29 is 4.74 Å². The second-order valence-corrected chi connectivity index (χ2v) is 7.87. The van der Waals surface area contributed by atoms with Gasteiger partial charge >= 0.3 is 0 Å². The first-order valence-electron chi connectivity index (χ1n) is 8.97. The monoisotopic (exact) mass is 423 g/mol. The van der Waals surface area contributed by atoms with Gasteiger partial charge in [-0.25, -0.2) is 14.5 Å². The summed E-state index contributed by atoms with van der Waals surface area (Å²) in [6, 6.07) is 16.6. The molecule has 29 heavy (non-hydrogen) atoms. The van der Waals surface area contributed by atoms with Gasteiger partial charge in [0.25, 0.3) is 5.56 Å². The average Bonchev–Trinajstić information content (AvgIpc) is 2.72. The molecule has 0 aliphatic heterocycles. The molecule has 0 aliphatic rings. The van der Waals surface area contributed by atoms with Gasteiger partial charge in [-0.05, 0) is 55.0 Å². The van der Waals surface area contributed by atoms with Crippen molar-refractivity contribution in [1.82, 2.24) is 14.5 Å². The van der Waals surface area contributed by atoms with Crippen molar-refractivity contribution in [1.29, 1.82) is 0 Å². The standard InChI is InChI=1S/C22H18ClN3O2S/c1-14-9-10-24-20(11-14)26-21(27)17-5-3-4-6-18(17)25-22(26)29-13-15-12-16(23)7-8-19(15)28-2/h3-12H,13H2,1-2H3. The smallest absolute Gasteiger partial charge is 0.267 e. The molecule has 2 aromatic heterocycles. The van der Waals surface area contributed by atoms with Gasteiger partial charge in [0, 0.05) is 22.5 Å². The lowest BCUT2D eigenvalue weighted by molar-refractivity contribution is 0.411. The lowest BCUT2D eigenvalue weighted by Gasteiger charge is -2.14. The summed E-state index contributed by atoms with van der Waals surface area (Å²) in [5.74, 6) is 1.83. The van der Waals surface area contributed by atoms with Crippen molar-refractivity contribution in [2.24, 2.45) is 0 Å². The minimum Gasteiger partial charge on any atom is -0.496 e. The number of hydrogen-bond donors (Lipinski definition) is 0. The minimum atomic E-state index is -0.144. The van der Waals surface area contributed by atoms with Crippen LogP contribution in [0.15, 0.2) is 70.7 Å². The highest BCUT2D eigenvalue weighted by atomic mass is 35.5. The predicted molar refractivity (Wildman–Crippen MR) is 117 cm³/mol. The van der Waals surface area contributed by atoms with Crippen LogP contribution in [0.5, 0.6) is 5.75 Å². The van der Waals surface area contributed by atoms with E-state index in [4.69, 9.17) is 21.3 Å². The van der Waals surface area contributed by atoms with Crippen LogP contribution in [0, 0.1) is 6.92 Å². The van der Waals surface area contributed by atoms with Gasteiger partial charge in [0.1, 0.15) is 11.6 Å². The number of ether oxygens (including phenoxy) is 1. The summed E-state index contributed by atoms with van der Waals surface area (Å²) in [4.78, 5) is 22.4. The number of aromatic nitrogens is 3. The number of thioether (sulfide) groups is 1. The predicted octanol–water partition coefficient (Wildman–Crippen LogP) is 5.04. The Labute approximate surface area is 177 Å². The topological polar surface area (TPSA) is 57.0 Å². The minimum absolute atomic E-state index is 0.144. The number of benzene rings is 2. The highest BCUT2D eigenvalue weighted by molar-refractivity contribution is 7.98. The molecule has 0 aliphatic carbocycles. The number of fused-ring (bicyclic) bond motifs is 1. The molecule has 5 nitrogen and oxygen atoms in total. The Kier molecular flexibility index (Phi) is 5.56. The molecule has 0 amide bonds. The molecule has 2 heterocycles. The Bertz CT molecular complexity index is 1260. The van der Waals surface area contributed by atoms with Gasteiger partial charge in [0.2, 0.25) is 0 Å². The Hall–Kier alpha value is -2.83. The van der Waals surface area contributed by atoms with E-state index in [9.17, 15) is 4.79 Å². The third-order valence-corrected chi connectivity index (χ3v) is 5.70. The van der Waals surface area contributed by atoms with E-state index in [-0.39, 0.29) is 5.56 Å². The summed E-state index contributed by atoms with van der Waals surface area (Å²) >= 11 is 7.60. The van der Waals surface area contributed by atoms with Crippen LogP contribution in [-0.2, 0) is 5.75 Å². The first-order valence-corrected chi connectivity index (χ1v) is 10.3. The number of hydrogen-bond acceptors (Lipinski definition) is 5. The number of para-hydroxylation sites is 1. The molecular weight excluding hydrogens is 406 g/mol. The van der Waals surface area contributed by atoms with Crippen LogP contribution in [0.2, 0.25) is 5.02 Å². The van der Waals surface area contributed by atoms with Crippen LogP contribution in [0.25, 0.3) is 16.7 Å². The highest BCUT2D eigenvalue weighted by Crippen LogP contribution is 2.30. The molecule has 146 valence electrons. The lowest BCUT2D eigenvalue weighted by atomic mass is 10.2. The van der Waals surface area contributed by atoms with Crippen LogP contribution in [0.1, 0.15) is 11.1 Å². The van der Waals surface area contributed by atoms with Crippen LogP contribution < -0.4 is 10.3 Å². The lowest BCUT2D eigenvalue weighted by Crippen LogP contribution is -2.22. The summed E-state index contributed by atoms with van der Waals surface area (Å²) in [6.07, 6.45) is 1.70. The van der Waals surface area contributed by atoms with Gasteiger partial charge in [0.15, 0.2) is 5.16 Å². The van der Waals surface area contributed by atoms with Crippen LogP contribution in [-0.4, -0.2) is 21.6 Å². The molecule has 4 aromatic rings. The van der Waals surface area contributed by atoms with E-state index in [1.807, 2.05) is 49.4 Å². The first kappa shape index (κ1) is 19.5. The molecule has 4 rings (SSSR count). The largest absolute Gasteiger partial charge is 0.496 e. The molecule has 0 fully saturated rings. The van der Waals surface area contributed by atoms with Gasteiger partial charge in [-0.1, -0.05) is 35.5 Å². The fourth-order valence-electron chi connectivity index (χ4n) is 3.06.